The summed E-state index contributed by atoms with van der Waals surface area (Å²) in [6.07, 6.45) is 0. The number of sulfonamides is 1. The standard InChI is InChI=1S/C24H25N3O5S/c1-15-26-20-7-5-6-8-21(20)27(15)14-16-9-10-17(33(25,28)29)13-19(16)18-11-12-22(30-2)24(32-4)23(18)31-3/h5-13H,14H2,1-4H3,(H2,25,28,29). The topological polar surface area (TPSA) is 106 Å². The number of rotatable bonds is 7. The van der Waals surface area contributed by atoms with Crippen LogP contribution in [0.4, 0.5) is 0 Å². The highest BCUT2D eigenvalue weighted by Gasteiger charge is 2.21. The number of hydrogen-bond acceptors (Lipinski definition) is 6. The van der Waals surface area contributed by atoms with Crippen molar-refractivity contribution in [3.05, 3.63) is 66.0 Å². The van der Waals surface area contributed by atoms with Gasteiger partial charge in [-0.15, -0.1) is 0 Å². The van der Waals surface area contributed by atoms with Crippen LogP contribution in [0, 0.1) is 6.92 Å². The van der Waals surface area contributed by atoms with Crippen molar-refractivity contribution < 1.29 is 22.6 Å². The molecule has 0 fully saturated rings. The zero-order chi connectivity index (χ0) is 23.8. The van der Waals surface area contributed by atoms with E-state index in [-0.39, 0.29) is 4.90 Å². The number of methoxy groups -OCH3 is 3. The molecule has 33 heavy (non-hydrogen) atoms. The summed E-state index contributed by atoms with van der Waals surface area (Å²) in [6.45, 7) is 2.40. The molecule has 0 radical (unpaired) electrons. The molecule has 0 amide bonds. The number of para-hydroxylation sites is 2. The first-order valence-corrected chi connectivity index (χ1v) is 11.7. The van der Waals surface area contributed by atoms with Gasteiger partial charge in [0.15, 0.2) is 11.5 Å². The quantitative estimate of drug-likeness (QED) is 0.444. The molecular formula is C24H25N3O5S. The van der Waals surface area contributed by atoms with E-state index in [2.05, 4.69) is 9.55 Å². The van der Waals surface area contributed by atoms with Crippen LogP contribution in [0.25, 0.3) is 22.2 Å². The first-order valence-electron chi connectivity index (χ1n) is 10.2. The highest BCUT2D eigenvalue weighted by atomic mass is 32.2. The number of fused-ring (bicyclic) bond motifs is 1. The molecule has 0 bridgehead atoms. The Morgan fingerprint density at radius 3 is 2.30 bits per heavy atom. The average molecular weight is 468 g/mol. The molecule has 3 aromatic carbocycles. The SMILES string of the molecule is COc1ccc(-c2cc(S(N)(=O)=O)ccc2Cn2c(C)nc3ccccc32)c(OC)c1OC. The maximum Gasteiger partial charge on any atom is 0.238 e. The molecule has 4 aromatic rings. The van der Waals surface area contributed by atoms with Crippen molar-refractivity contribution in [1.82, 2.24) is 9.55 Å². The van der Waals surface area contributed by atoms with Gasteiger partial charge in [0.25, 0.3) is 0 Å². The fourth-order valence-electron chi connectivity index (χ4n) is 4.00. The van der Waals surface area contributed by atoms with E-state index in [9.17, 15) is 8.42 Å². The molecule has 1 heterocycles. The molecule has 0 aliphatic heterocycles. The Labute approximate surface area is 192 Å². The molecule has 0 saturated carbocycles. The van der Waals surface area contributed by atoms with E-state index < -0.39 is 10.0 Å². The third-order valence-corrected chi connectivity index (χ3v) is 6.49. The fourth-order valence-corrected chi connectivity index (χ4v) is 4.54. The van der Waals surface area contributed by atoms with Crippen LogP contribution < -0.4 is 19.3 Å². The fraction of sp³-hybridized carbons (Fsp3) is 0.208. The number of imidazole rings is 1. The van der Waals surface area contributed by atoms with Gasteiger partial charge in [-0.25, -0.2) is 18.5 Å². The summed E-state index contributed by atoms with van der Waals surface area (Å²) in [5.74, 6) is 2.18. The normalized spacial score (nSPS) is 11.5. The van der Waals surface area contributed by atoms with Gasteiger partial charge in [-0.3, -0.25) is 0 Å². The van der Waals surface area contributed by atoms with Crippen molar-refractivity contribution in [2.75, 3.05) is 21.3 Å². The van der Waals surface area contributed by atoms with Crippen molar-refractivity contribution in [3.63, 3.8) is 0 Å². The number of hydrogen-bond donors (Lipinski definition) is 1. The van der Waals surface area contributed by atoms with Crippen LogP contribution in [0.5, 0.6) is 17.2 Å². The minimum atomic E-state index is -3.92. The van der Waals surface area contributed by atoms with Crippen LogP contribution >= 0.6 is 0 Å². The van der Waals surface area contributed by atoms with Crippen LogP contribution in [0.1, 0.15) is 11.4 Å². The summed E-state index contributed by atoms with van der Waals surface area (Å²) in [7, 11) is 0.666. The van der Waals surface area contributed by atoms with Crippen molar-refractivity contribution in [2.45, 2.75) is 18.4 Å². The van der Waals surface area contributed by atoms with Gasteiger partial charge in [-0.05, 0) is 54.4 Å². The molecule has 1 aromatic heterocycles. The second-order valence-corrected chi connectivity index (χ2v) is 9.04. The van der Waals surface area contributed by atoms with Gasteiger partial charge in [0.05, 0.1) is 37.3 Å². The van der Waals surface area contributed by atoms with Crippen molar-refractivity contribution in [2.24, 2.45) is 5.14 Å². The predicted octanol–water partition coefficient (Wildman–Crippen LogP) is 3.73. The largest absolute Gasteiger partial charge is 0.493 e. The van der Waals surface area contributed by atoms with Crippen molar-refractivity contribution in [3.8, 4) is 28.4 Å². The zero-order valence-electron chi connectivity index (χ0n) is 18.8. The van der Waals surface area contributed by atoms with E-state index >= 15 is 0 Å². The molecule has 8 nitrogen and oxygen atoms in total. The Morgan fingerprint density at radius 2 is 1.64 bits per heavy atom. The Morgan fingerprint density at radius 1 is 0.909 bits per heavy atom. The summed E-state index contributed by atoms with van der Waals surface area (Å²) in [6, 6.07) is 16.3. The summed E-state index contributed by atoms with van der Waals surface area (Å²) >= 11 is 0. The summed E-state index contributed by atoms with van der Waals surface area (Å²) in [4.78, 5) is 4.64. The molecule has 0 saturated heterocycles. The highest BCUT2D eigenvalue weighted by molar-refractivity contribution is 7.89. The van der Waals surface area contributed by atoms with E-state index in [0.29, 0.717) is 34.9 Å². The van der Waals surface area contributed by atoms with E-state index in [0.717, 1.165) is 22.4 Å². The molecule has 0 aliphatic carbocycles. The van der Waals surface area contributed by atoms with Crippen molar-refractivity contribution in [1.29, 1.82) is 0 Å². The number of aromatic nitrogens is 2. The van der Waals surface area contributed by atoms with E-state index in [1.165, 1.54) is 27.4 Å². The van der Waals surface area contributed by atoms with Crippen LogP contribution in [-0.2, 0) is 16.6 Å². The third kappa shape index (κ3) is 4.12. The zero-order valence-corrected chi connectivity index (χ0v) is 19.6. The van der Waals surface area contributed by atoms with Gasteiger partial charge in [-0.2, -0.15) is 0 Å². The first-order chi connectivity index (χ1) is 15.8. The lowest BCUT2D eigenvalue weighted by atomic mass is 9.97. The smallest absolute Gasteiger partial charge is 0.238 e. The summed E-state index contributed by atoms with van der Waals surface area (Å²) in [5.41, 5.74) is 4.03. The van der Waals surface area contributed by atoms with Gasteiger partial charge >= 0.3 is 0 Å². The number of benzene rings is 3. The monoisotopic (exact) mass is 467 g/mol. The molecule has 2 N–H and O–H groups in total. The number of nitrogens with zero attached hydrogens (tertiary/aromatic N) is 2. The molecule has 172 valence electrons. The van der Waals surface area contributed by atoms with Crippen LogP contribution in [0.2, 0.25) is 0 Å². The minimum Gasteiger partial charge on any atom is -0.493 e. The lowest BCUT2D eigenvalue weighted by Crippen LogP contribution is -2.13. The van der Waals surface area contributed by atoms with E-state index in [1.54, 1.807) is 18.2 Å². The Hall–Kier alpha value is -3.56. The molecule has 9 heteroatoms. The van der Waals surface area contributed by atoms with Gasteiger partial charge in [0.2, 0.25) is 15.8 Å². The first kappa shape index (κ1) is 22.6. The van der Waals surface area contributed by atoms with Crippen molar-refractivity contribution >= 4 is 21.1 Å². The maximum absolute atomic E-state index is 12.1. The highest BCUT2D eigenvalue weighted by Crippen LogP contribution is 2.45. The molecular weight excluding hydrogens is 442 g/mol. The Bertz CT molecular complexity index is 1440. The van der Waals surface area contributed by atoms with E-state index in [4.69, 9.17) is 19.3 Å². The molecule has 4 rings (SSSR count). The third-order valence-electron chi connectivity index (χ3n) is 5.58. The average Bonchev–Trinajstić information content (AvgIpc) is 3.12. The summed E-state index contributed by atoms with van der Waals surface area (Å²) < 4.78 is 43.0. The molecule has 0 unspecified atom stereocenters. The lowest BCUT2D eigenvalue weighted by molar-refractivity contribution is 0.325. The van der Waals surface area contributed by atoms with Gasteiger partial charge in [-0.1, -0.05) is 18.2 Å². The van der Waals surface area contributed by atoms with Gasteiger partial charge in [0.1, 0.15) is 5.82 Å². The molecule has 0 spiro atoms. The lowest BCUT2D eigenvalue weighted by Gasteiger charge is -2.19. The number of ether oxygens (including phenoxy) is 3. The van der Waals surface area contributed by atoms with Crippen LogP contribution in [0.15, 0.2) is 59.5 Å². The van der Waals surface area contributed by atoms with Crippen LogP contribution in [-0.4, -0.2) is 39.3 Å². The second kappa shape index (κ2) is 8.76. The van der Waals surface area contributed by atoms with Gasteiger partial charge < -0.3 is 18.8 Å². The van der Waals surface area contributed by atoms with Gasteiger partial charge in [0, 0.05) is 12.1 Å². The minimum absolute atomic E-state index is 0.00491. The van der Waals surface area contributed by atoms with Crippen LogP contribution in [0.3, 0.4) is 0 Å². The van der Waals surface area contributed by atoms with E-state index in [1.807, 2.05) is 37.3 Å². The second-order valence-electron chi connectivity index (χ2n) is 7.48. The predicted molar refractivity (Wildman–Crippen MR) is 126 cm³/mol. The maximum atomic E-state index is 12.1. The number of nitrogens with two attached hydrogens (primary N) is 1. The number of aryl methyl sites for hydroxylation is 1. The summed E-state index contributed by atoms with van der Waals surface area (Å²) in [5, 5.41) is 5.44. The molecule has 0 atom stereocenters. The number of primary sulfonamides is 1. The Balaban J connectivity index is 1.97. The Kier molecular flexibility index (Phi) is 6.01. The molecule has 0 aliphatic rings.